The zero-order valence-electron chi connectivity index (χ0n) is 23.2. The lowest BCUT2D eigenvalue weighted by Gasteiger charge is -2.23. The highest BCUT2D eigenvalue weighted by molar-refractivity contribution is 5.97. The number of carbonyl (C=O) groups excluding carboxylic acids is 5. The Morgan fingerprint density at radius 3 is 2.14 bits per heavy atom. The van der Waals surface area contributed by atoms with Gasteiger partial charge in [-0.3, -0.25) is 24.0 Å². The fourth-order valence-corrected chi connectivity index (χ4v) is 3.54. The number of amides is 4. The molecule has 0 bridgehead atoms. The van der Waals surface area contributed by atoms with Crippen molar-refractivity contribution in [1.29, 1.82) is 0 Å². The lowest BCUT2D eigenvalue weighted by molar-refractivity contribution is -0.129. The van der Waals surface area contributed by atoms with E-state index in [0.29, 0.717) is 24.6 Å². The van der Waals surface area contributed by atoms with Crippen molar-refractivity contribution in [2.75, 3.05) is 19.6 Å². The second-order valence-corrected chi connectivity index (χ2v) is 9.13. The molecule has 1 saturated carbocycles. The van der Waals surface area contributed by atoms with Crippen LogP contribution in [-0.2, 0) is 19.2 Å². The molecule has 3 N–H and O–H groups in total. The van der Waals surface area contributed by atoms with E-state index in [1.807, 2.05) is 13.0 Å². The number of carbonyl (C=O) groups is 5. The minimum atomic E-state index is -0.790. The van der Waals surface area contributed by atoms with Crippen LogP contribution >= 0.6 is 0 Å². The summed E-state index contributed by atoms with van der Waals surface area (Å²) in [6.07, 6.45) is 9.04. The van der Waals surface area contributed by atoms with Gasteiger partial charge in [0.2, 0.25) is 18.2 Å². The quantitative estimate of drug-likeness (QED) is 0.388. The summed E-state index contributed by atoms with van der Waals surface area (Å²) in [6.45, 7) is 9.28. The summed E-state index contributed by atoms with van der Waals surface area (Å²) in [6, 6.07) is 8.42. The number of nitrogens with one attached hydrogen (secondary N) is 3. The van der Waals surface area contributed by atoms with Crippen LogP contribution in [0, 0.1) is 0 Å². The Morgan fingerprint density at radius 2 is 1.62 bits per heavy atom. The Hall–Kier alpha value is -3.23. The van der Waals surface area contributed by atoms with Gasteiger partial charge in [-0.05, 0) is 45.2 Å². The number of ketones is 1. The van der Waals surface area contributed by atoms with E-state index in [9.17, 15) is 24.0 Å². The highest BCUT2D eigenvalue weighted by atomic mass is 16.2. The van der Waals surface area contributed by atoms with Gasteiger partial charge in [-0.2, -0.15) is 0 Å². The first-order valence-corrected chi connectivity index (χ1v) is 13.3. The maximum absolute atomic E-state index is 12.5. The van der Waals surface area contributed by atoms with Gasteiger partial charge in [0.25, 0.3) is 5.91 Å². The highest BCUT2D eigenvalue weighted by Crippen LogP contribution is 2.16. The average Bonchev–Trinajstić information content (AvgIpc) is 2.88. The minimum Gasteiger partial charge on any atom is -0.356 e. The van der Waals surface area contributed by atoms with E-state index < -0.39 is 17.9 Å². The van der Waals surface area contributed by atoms with Crippen LogP contribution < -0.4 is 16.0 Å². The van der Waals surface area contributed by atoms with Crippen molar-refractivity contribution in [3.8, 4) is 0 Å². The molecule has 1 aromatic rings. The first-order valence-electron chi connectivity index (χ1n) is 13.3. The van der Waals surface area contributed by atoms with Gasteiger partial charge in [0.15, 0.2) is 0 Å². The molecule has 9 nitrogen and oxygen atoms in total. The Labute approximate surface area is 222 Å². The second kappa shape index (κ2) is 20.9. The van der Waals surface area contributed by atoms with Gasteiger partial charge in [0.05, 0.1) is 13.1 Å². The van der Waals surface area contributed by atoms with Gasteiger partial charge in [0, 0.05) is 18.2 Å². The predicted octanol–water partition coefficient (Wildman–Crippen LogP) is 3.23. The summed E-state index contributed by atoms with van der Waals surface area (Å²) in [5, 5.41) is 7.78. The average molecular weight is 519 g/mol. The van der Waals surface area contributed by atoms with Crippen molar-refractivity contribution in [3.05, 3.63) is 35.9 Å². The molecule has 1 aromatic carbocycles. The predicted molar refractivity (Wildman–Crippen MR) is 146 cm³/mol. The number of rotatable bonds is 11. The van der Waals surface area contributed by atoms with Crippen LogP contribution in [0.15, 0.2) is 30.3 Å². The Balaban J connectivity index is 0.000000887. The maximum atomic E-state index is 12.5. The van der Waals surface area contributed by atoms with Gasteiger partial charge in [-0.25, -0.2) is 0 Å². The first kappa shape index (κ1) is 33.8. The lowest BCUT2D eigenvalue weighted by Crippen LogP contribution is -2.49. The lowest BCUT2D eigenvalue weighted by atomic mass is 9.96. The standard InChI is InChI=1S/C18H25N3O4.C7H13NO.C3H8/c1-4-10-21(18(25)15-8-6-5-7-9-15)12-16(23)20-14(3)17(24)19-11-13(2)22;9-6-8-7-4-2-1-3-5-7;1-3-2/h5-9,14H,4,10-12H2,1-3H3,(H,19,24)(H,20,23);6-7H,1-5H2,(H,8,9);3H2,1-2H3/t14-;;/m0../s1. The molecule has 0 radical (unpaired) electrons. The van der Waals surface area contributed by atoms with E-state index in [1.54, 1.807) is 24.3 Å². The molecule has 0 spiro atoms. The van der Waals surface area contributed by atoms with Crippen molar-refractivity contribution in [2.45, 2.75) is 91.6 Å². The van der Waals surface area contributed by atoms with E-state index in [2.05, 4.69) is 29.8 Å². The van der Waals surface area contributed by atoms with Gasteiger partial charge < -0.3 is 20.9 Å². The molecule has 9 heteroatoms. The summed E-state index contributed by atoms with van der Waals surface area (Å²) in [5.41, 5.74) is 0.510. The molecule has 2 rings (SSSR count). The van der Waals surface area contributed by atoms with Crippen LogP contribution in [0.25, 0.3) is 0 Å². The molecule has 37 heavy (non-hydrogen) atoms. The van der Waals surface area contributed by atoms with Crippen LogP contribution in [0.2, 0.25) is 0 Å². The smallest absolute Gasteiger partial charge is 0.254 e. The van der Waals surface area contributed by atoms with Gasteiger partial charge in [-0.15, -0.1) is 0 Å². The normalized spacial score (nSPS) is 13.3. The van der Waals surface area contributed by atoms with Gasteiger partial charge >= 0.3 is 0 Å². The summed E-state index contributed by atoms with van der Waals surface area (Å²) in [5.74, 6) is -1.27. The van der Waals surface area contributed by atoms with E-state index in [-0.39, 0.29) is 24.8 Å². The van der Waals surface area contributed by atoms with Crippen molar-refractivity contribution < 1.29 is 24.0 Å². The fraction of sp³-hybridized carbons (Fsp3) is 0.607. The number of Topliss-reactive ketones (excluding diaryl/α,β-unsaturated/α-hetero) is 1. The second-order valence-electron chi connectivity index (χ2n) is 9.13. The summed E-state index contributed by atoms with van der Waals surface area (Å²) < 4.78 is 0. The Bertz CT molecular complexity index is 810. The van der Waals surface area contributed by atoms with E-state index in [4.69, 9.17) is 0 Å². The van der Waals surface area contributed by atoms with Crippen LogP contribution in [-0.4, -0.2) is 66.5 Å². The van der Waals surface area contributed by atoms with Crippen LogP contribution in [0.4, 0.5) is 0 Å². The highest BCUT2D eigenvalue weighted by Gasteiger charge is 2.21. The summed E-state index contributed by atoms with van der Waals surface area (Å²) in [7, 11) is 0. The van der Waals surface area contributed by atoms with E-state index in [1.165, 1.54) is 57.3 Å². The molecule has 1 fully saturated rings. The molecule has 1 atom stereocenters. The molecule has 0 aliphatic heterocycles. The molecular weight excluding hydrogens is 472 g/mol. The van der Waals surface area contributed by atoms with Gasteiger partial charge in [0.1, 0.15) is 11.8 Å². The maximum Gasteiger partial charge on any atom is 0.254 e. The first-order chi connectivity index (χ1) is 17.7. The van der Waals surface area contributed by atoms with Crippen molar-refractivity contribution in [1.82, 2.24) is 20.9 Å². The molecule has 0 saturated heterocycles. The topological polar surface area (TPSA) is 125 Å². The fourth-order valence-electron chi connectivity index (χ4n) is 3.54. The molecule has 0 heterocycles. The zero-order valence-corrected chi connectivity index (χ0v) is 23.2. The number of nitrogens with zero attached hydrogens (tertiary/aromatic N) is 1. The SMILES string of the molecule is CCC.CCCN(CC(=O)N[C@@H](C)C(=O)NCC(C)=O)C(=O)c1ccccc1.O=CNC1CCCCC1. The third-order valence-electron chi connectivity index (χ3n) is 5.33. The van der Waals surface area contributed by atoms with Crippen LogP contribution in [0.1, 0.15) is 89.9 Å². The molecular formula is C28H46N4O5. The minimum absolute atomic E-state index is 0.0759. The summed E-state index contributed by atoms with van der Waals surface area (Å²) in [4.78, 5) is 58.7. The molecule has 1 aliphatic carbocycles. The Kier molecular flexibility index (Phi) is 19.1. The van der Waals surface area contributed by atoms with Crippen LogP contribution in [0.5, 0.6) is 0 Å². The molecule has 208 valence electrons. The van der Waals surface area contributed by atoms with Crippen molar-refractivity contribution in [2.24, 2.45) is 0 Å². The molecule has 4 amide bonds. The van der Waals surface area contributed by atoms with Crippen LogP contribution in [0.3, 0.4) is 0 Å². The molecule has 0 unspecified atom stereocenters. The van der Waals surface area contributed by atoms with Crippen molar-refractivity contribution in [3.63, 3.8) is 0 Å². The monoisotopic (exact) mass is 518 g/mol. The number of hydrogen-bond donors (Lipinski definition) is 3. The number of benzene rings is 1. The Morgan fingerprint density at radius 1 is 1.03 bits per heavy atom. The number of hydrogen-bond acceptors (Lipinski definition) is 5. The van der Waals surface area contributed by atoms with Gasteiger partial charge in [-0.1, -0.05) is 64.7 Å². The van der Waals surface area contributed by atoms with E-state index in [0.717, 1.165) is 6.41 Å². The third-order valence-corrected chi connectivity index (χ3v) is 5.33. The largest absolute Gasteiger partial charge is 0.356 e. The van der Waals surface area contributed by atoms with Crippen molar-refractivity contribution >= 4 is 29.9 Å². The zero-order chi connectivity index (χ0) is 28.1. The summed E-state index contributed by atoms with van der Waals surface area (Å²) >= 11 is 0. The molecule has 1 aliphatic rings. The van der Waals surface area contributed by atoms with E-state index >= 15 is 0 Å². The molecule has 0 aromatic heterocycles. The third kappa shape index (κ3) is 16.2.